The number of methoxy groups -OCH3 is 1. The minimum Gasteiger partial charge on any atom is -0.496 e. The van der Waals surface area contributed by atoms with Crippen molar-refractivity contribution in [2.24, 2.45) is 0 Å². The first kappa shape index (κ1) is 15.2. The average Bonchev–Trinajstić information content (AvgIpc) is 3.17. The van der Waals surface area contributed by atoms with E-state index in [1.807, 2.05) is 39.8 Å². The van der Waals surface area contributed by atoms with Crippen molar-refractivity contribution < 1.29 is 14.0 Å². The van der Waals surface area contributed by atoms with E-state index in [9.17, 15) is 0 Å². The summed E-state index contributed by atoms with van der Waals surface area (Å²) in [5.41, 5.74) is 1.30. The number of halogens is 1. The Morgan fingerprint density at radius 3 is 2.19 bits per heavy atom. The molecule has 0 atom stereocenters. The molecule has 114 valence electrons. The van der Waals surface area contributed by atoms with Gasteiger partial charge in [-0.3, -0.25) is 0 Å². The van der Waals surface area contributed by atoms with Crippen molar-refractivity contribution in [3.63, 3.8) is 0 Å². The quantitative estimate of drug-likeness (QED) is 0.800. The molecule has 1 aromatic carbocycles. The third-order valence-corrected chi connectivity index (χ3v) is 5.20. The first-order valence-electron chi connectivity index (χ1n) is 7.48. The molecule has 1 heterocycles. The normalized spacial score (nSPS) is 23.4. The van der Waals surface area contributed by atoms with Gasteiger partial charge in [-0.15, -0.1) is 0 Å². The summed E-state index contributed by atoms with van der Waals surface area (Å²) in [7, 11) is 1.24. The predicted octanol–water partition coefficient (Wildman–Crippen LogP) is 3.53. The molecule has 0 aromatic heterocycles. The summed E-state index contributed by atoms with van der Waals surface area (Å²) in [4.78, 5) is 0. The highest BCUT2D eigenvalue weighted by Crippen LogP contribution is 2.45. The number of benzene rings is 1. The van der Waals surface area contributed by atoms with Crippen molar-refractivity contribution in [2.45, 2.75) is 57.7 Å². The van der Waals surface area contributed by atoms with Crippen molar-refractivity contribution in [2.75, 3.05) is 7.11 Å². The molecular weight excluding hydrogens is 286 g/mol. The fourth-order valence-corrected chi connectivity index (χ4v) is 2.89. The molecule has 1 saturated carbocycles. The summed E-state index contributed by atoms with van der Waals surface area (Å²) in [5, 5.41) is 0.691. The third kappa shape index (κ3) is 2.58. The van der Waals surface area contributed by atoms with Crippen LogP contribution in [-0.2, 0) is 9.31 Å². The first-order valence-corrected chi connectivity index (χ1v) is 7.86. The summed E-state index contributed by atoms with van der Waals surface area (Å²) < 4.78 is 17.7. The van der Waals surface area contributed by atoms with E-state index in [2.05, 4.69) is 0 Å². The van der Waals surface area contributed by atoms with E-state index >= 15 is 0 Å². The zero-order chi connectivity index (χ0) is 15.4. The van der Waals surface area contributed by atoms with Gasteiger partial charge in [0, 0.05) is 10.5 Å². The van der Waals surface area contributed by atoms with Crippen LogP contribution in [0.3, 0.4) is 0 Å². The highest BCUT2D eigenvalue weighted by Gasteiger charge is 2.52. The number of hydrogen-bond donors (Lipinski definition) is 0. The van der Waals surface area contributed by atoms with E-state index in [0.717, 1.165) is 11.2 Å². The Kier molecular flexibility index (Phi) is 3.55. The lowest BCUT2D eigenvalue weighted by Gasteiger charge is -2.32. The molecule has 1 saturated heterocycles. The monoisotopic (exact) mass is 308 g/mol. The molecule has 3 rings (SSSR count). The Balaban J connectivity index is 1.96. The molecule has 21 heavy (non-hydrogen) atoms. The molecule has 2 fully saturated rings. The fraction of sp³-hybridized carbons (Fsp3) is 0.625. The zero-order valence-electron chi connectivity index (χ0n) is 13.3. The third-order valence-electron chi connectivity index (χ3n) is 4.87. The maximum atomic E-state index is 6.48. The molecule has 1 aromatic rings. The Morgan fingerprint density at radius 2 is 1.71 bits per heavy atom. The van der Waals surface area contributed by atoms with Crippen molar-refractivity contribution in [1.29, 1.82) is 0 Å². The lowest BCUT2D eigenvalue weighted by molar-refractivity contribution is 0.00578. The Bertz CT molecular complexity index is 551. The fourth-order valence-electron chi connectivity index (χ4n) is 2.63. The van der Waals surface area contributed by atoms with E-state index in [1.165, 1.54) is 18.4 Å². The summed E-state index contributed by atoms with van der Waals surface area (Å²) in [5.74, 6) is 1.47. The average molecular weight is 309 g/mol. The van der Waals surface area contributed by atoms with Crippen LogP contribution in [0, 0.1) is 0 Å². The van der Waals surface area contributed by atoms with Gasteiger partial charge in [0.25, 0.3) is 0 Å². The van der Waals surface area contributed by atoms with E-state index in [1.54, 1.807) is 7.11 Å². The second-order valence-corrected chi connectivity index (χ2v) is 7.39. The second-order valence-electron chi connectivity index (χ2n) is 6.98. The van der Waals surface area contributed by atoms with Crippen molar-refractivity contribution in [3.8, 4) is 5.75 Å². The molecule has 0 N–H and O–H groups in total. The van der Waals surface area contributed by atoms with Crippen LogP contribution in [0.4, 0.5) is 0 Å². The highest BCUT2D eigenvalue weighted by atomic mass is 35.5. The number of rotatable bonds is 3. The van der Waals surface area contributed by atoms with Gasteiger partial charge in [0.1, 0.15) is 5.75 Å². The molecular formula is C16H22BClO3. The molecule has 0 radical (unpaired) electrons. The number of ether oxygens (including phenoxy) is 1. The lowest BCUT2D eigenvalue weighted by atomic mass is 9.78. The minimum absolute atomic E-state index is 0.372. The van der Waals surface area contributed by atoms with Crippen LogP contribution in [0.25, 0.3) is 0 Å². The first-order chi connectivity index (χ1) is 9.75. The summed E-state index contributed by atoms with van der Waals surface area (Å²) in [6.07, 6.45) is 2.42. The van der Waals surface area contributed by atoms with Crippen LogP contribution in [0.1, 0.15) is 52.0 Å². The van der Waals surface area contributed by atoms with Gasteiger partial charge in [-0.05, 0) is 64.2 Å². The van der Waals surface area contributed by atoms with Crippen LogP contribution in [0.5, 0.6) is 5.75 Å². The van der Waals surface area contributed by atoms with Gasteiger partial charge in [0.15, 0.2) is 0 Å². The SMILES string of the molecule is COc1cc(B2OC(C)(C)C(C)(C)O2)c(Cl)cc1C1CC1. The van der Waals surface area contributed by atoms with Crippen LogP contribution >= 0.6 is 11.6 Å². The molecule has 0 bridgehead atoms. The summed E-state index contributed by atoms with van der Waals surface area (Å²) >= 11 is 6.48. The summed E-state index contributed by atoms with van der Waals surface area (Å²) in [6.45, 7) is 8.15. The van der Waals surface area contributed by atoms with Crippen molar-refractivity contribution in [3.05, 3.63) is 22.7 Å². The molecule has 0 spiro atoms. The molecule has 5 heteroatoms. The Morgan fingerprint density at radius 1 is 1.14 bits per heavy atom. The van der Waals surface area contributed by atoms with E-state index in [-0.39, 0.29) is 11.2 Å². The van der Waals surface area contributed by atoms with Gasteiger partial charge in [-0.2, -0.15) is 0 Å². The Hall–Kier alpha value is -0.705. The van der Waals surface area contributed by atoms with Gasteiger partial charge in [-0.1, -0.05) is 11.6 Å². The van der Waals surface area contributed by atoms with Crippen molar-refractivity contribution in [1.82, 2.24) is 0 Å². The molecule has 0 unspecified atom stereocenters. The molecule has 0 amide bonds. The van der Waals surface area contributed by atoms with Gasteiger partial charge in [0.2, 0.25) is 0 Å². The smallest absolute Gasteiger partial charge is 0.496 e. The minimum atomic E-state index is -0.454. The van der Waals surface area contributed by atoms with Gasteiger partial charge < -0.3 is 14.0 Å². The molecule has 1 aliphatic heterocycles. The predicted molar refractivity (Wildman–Crippen MR) is 85.7 cm³/mol. The zero-order valence-corrected chi connectivity index (χ0v) is 14.1. The van der Waals surface area contributed by atoms with E-state index < -0.39 is 7.12 Å². The van der Waals surface area contributed by atoms with Crippen LogP contribution < -0.4 is 10.2 Å². The Labute approximate surface area is 132 Å². The van der Waals surface area contributed by atoms with E-state index in [0.29, 0.717) is 10.9 Å². The van der Waals surface area contributed by atoms with Crippen LogP contribution in [0.15, 0.2) is 12.1 Å². The highest BCUT2D eigenvalue weighted by molar-refractivity contribution is 6.65. The van der Waals surface area contributed by atoms with Crippen LogP contribution in [0.2, 0.25) is 5.02 Å². The van der Waals surface area contributed by atoms with Gasteiger partial charge >= 0.3 is 7.12 Å². The maximum Gasteiger partial charge on any atom is 0.496 e. The molecule has 2 aliphatic rings. The standard InChI is InChI=1S/C16H22BClO3/c1-15(2)16(3,4)21-17(20-15)12-9-14(19-5)11(8-13(12)18)10-6-7-10/h8-10H,6-7H2,1-5H3. The van der Waals surface area contributed by atoms with Crippen molar-refractivity contribution >= 4 is 24.2 Å². The molecule has 1 aliphatic carbocycles. The maximum absolute atomic E-state index is 6.48. The molecule has 3 nitrogen and oxygen atoms in total. The van der Waals surface area contributed by atoms with Gasteiger partial charge in [-0.25, -0.2) is 0 Å². The van der Waals surface area contributed by atoms with Crippen LogP contribution in [-0.4, -0.2) is 25.4 Å². The largest absolute Gasteiger partial charge is 0.496 e. The summed E-state index contributed by atoms with van der Waals surface area (Å²) in [6, 6.07) is 3.98. The van der Waals surface area contributed by atoms with Gasteiger partial charge in [0.05, 0.1) is 18.3 Å². The number of hydrogen-bond acceptors (Lipinski definition) is 3. The van der Waals surface area contributed by atoms with E-state index in [4.69, 9.17) is 25.6 Å². The lowest BCUT2D eigenvalue weighted by Crippen LogP contribution is -2.41. The second kappa shape index (κ2) is 4.90. The topological polar surface area (TPSA) is 27.7 Å².